The van der Waals surface area contributed by atoms with Gasteiger partial charge in [0.15, 0.2) is 5.16 Å². The van der Waals surface area contributed by atoms with Crippen LogP contribution in [-0.2, 0) is 9.53 Å². The molecule has 0 bridgehead atoms. The van der Waals surface area contributed by atoms with Gasteiger partial charge >= 0.3 is 11.6 Å². The molecule has 2 heterocycles. The van der Waals surface area contributed by atoms with Crippen molar-refractivity contribution in [2.75, 3.05) is 12.4 Å². The van der Waals surface area contributed by atoms with Gasteiger partial charge in [-0.25, -0.2) is 9.78 Å². The van der Waals surface area contributed by atoms with Gasteiger partial charge in [0.05, 0.1) is 34.3 Å². The highest BCUT2D eigenvalue weighted by Gasteiger charge is 2.18. The second kappa shape index (κ2) is 9.81. The Labute approximate surface area is 198 Å². The standard InChI is InChI=1S/C23H18Cl2N2O4S/c1-2-9-30-21(28)13-32-23-26-18(12-27(23)19-8-7-15(24)11-17(19)25)16-10-14-5-3-4-6-20(14)31-22(16)29/h3-8,10-12H,2,9,13H2,1H3. The first kappa shape index (κ1) is 22.5. The molecule has 0 aliphatic rings. The summed E-state index contributed by atoms with van der Waals surface area (Å²) < 4.78 is 12.3. The minimum atomic E-state index is -0.505. The molecule has 4 aromatic rings. The Hall–Kier alpha value is -2.74. The van der Waals surface area contributed by atoms with Crippen molar-refractivity contribution >= 4 is 51.9 Å². The predicted octanol–water partition coefficient (Wildman–Crippen LogP) is 6.00. The predicted molar refractivity (Wildman–Crippen MR) is 127 cm³/mol. The molecular formula is C23H18Cl2N2O4S. The van der Waals surface area contributed by atoms with Gasteiger partial charge in [-0.1, -0.05) is 60.1 Å². The monoisotopic (exact) mass is 488 g/mol. The van der Waals surface area contributed by atoms with Crippen molar-refractivity contribution in [1.29, 1.82) is 0 Å². The molecule has 0 N–H and O–H groups in total. The minimum Gasteiger partial charge on any atom is -0.465 e. The summed E-state index contributed by atoms with van der Waals surface area (Å²) in [7, 11) is 0. The number of rotatable bonds is 7. The van der Waals surface area contributed by atoms with E-state index in [1.165, 1.54) is 11.8 Å². The number of para-hydroxylation sites is 1. The zero-order chi connectivity index (χ0) is 22.7. The summed E-state index contributed by atoms with van der Waals surface area (Å²) in [6.07, 6.45) is 2.43. The maximum absolute atomic E-state index is 12.6. The molecule has 9 heteroatoms. The molecule has 0 fully saturated rings. The molecule has 4 rings (SSSR count). The molecule has 0 aliphatic heterocycles. The molecule has 0 aliphatic carbocycles. The van der Waals surface area contributed by atoms with E-state index in [-0.39, 0.29) is 11.7 Å². The summed E-state index contributed by atoms with van der Waals surface area (Å²) in [4.78, 5) is 29.3. The lowest BCUT2D eigenvalue weighted by Gasteiger charge is -2.09. The summed E-state index contributed by atoms with van der Waals surface area (Å²) in [6.45, 7) is 2.29. The Balaban J connectivity index is 1.77. The smallest absolute Gasteiger partial charge is 0.345 e. The highest BCUT2D eigenvalue weighted by Crippen LogP contribution is 2.31. The van der Waals surface area contributed by atoms with E-state index in [0.29, 0.717) is 44.3 Å². The number of imidazole rings is 1. The lowest BCUT2D eigenvalue weighted by Crippen LogP contribution is -2.08. The van der Waals surface area contributed by atoms with Gasteiger partial charge in [0.2, 0.25) is 0 Å². The summed E-state index contributed by atoms with van der Waals surface area (Å²) in [6, 6.07) is 14.1. The Bertz CT molecular complexity index is 1350. The van der Waals surface area contributed by atoms with Crippen molar-refractivity contribution in [2.24, 2.45) is 0 Å². The van der Waals surface area contributed by atoms with Gasteiger partial charge < -0.3 is 9.15 Å². The molecule has 0 atom stereocenters. The van der Waals surface area contributed by atoms with Crippen molar-refractivity contribution in [2.45, 2.75) is 18.5 Å². The number of fused-ring (bicyclic) bond motifs is 1. The van der Waals surface area contributed by atoms with Gasteiger partial charge in [-0.05, 0) is 36.8 Å². The van der Waals surface area contributed by atoms with Crippen molar-refractivity contribution in [3.63, 3.8) is 0 Å². The molecule has 0 radical (unpaired) electrons. The lowest BCUT2D eigenvalue weighted by atomic mass is 10.1. The van der Waals surface area contributed by atoms with Crippen LogP contribution in [0.5, 0.6) is 0 Å². The highest BCUT2D eigenvalue weighted by molar-refractivity contribution is 7.99. The van der Waals surface area contributed by atoms with Crippen molar-refractivity contribution in [3.05, 3.63) is 75.2 Å². The van der Waals surface area contributed by atoms with Crippen molar-refractivity contribution < 1.29 is 13.9 Å². The number of hydrogen-bond acceptors (Lipinski definition) is 6. The zero-order valence-electron chi connectivity index (χ0n) is 17.0. The molecule has 2 aromatic heterocycles. The maximum Gasteiger partial charge on any atom is 0.345 e. The van der Waals surface area contributed by atoms with Crippen LogP contribution in [0.2, 0.25) is 10.0 Å². The molecular weight excluding hydrogens is 471 g/mol. The van der Waals surface area contributed by atoms with E-state index in [1.54, 1.807) is 47.2 Å². The van der Waals surface area contributed by atoms with E-state index < -0.39 is 5.63 Å². The molecule has 0 unspecified atom stereocenters. The Morgan fingerprint density at radius 3 is 2.78 bits per heavy atom. The van der Waals surface area contributed by atoms with Crippen LogP contribution < -0.4 is 5.63 Å². The molecule has 0 saturated heterocycles. The van der Waals surface area contributed by atoms with E-state index in [2.05, 4.69) is 4.98 Å². The number of halogens is 2. The van der Waals surface area contributed by atoms with Gasteiger partial charge in [-0.15, -0.1) is 0 Å². The topological polar surface area (TPSA) is 74.3 Å². The quantitative estimate of drug-likeness (QED) is 0.180. The highest BCUT2D eigenvalue weighted by atomic mass is 35.5. The van der Waals surface area contributed by atoms with Gasteiger partial charge in [-0.3, -0.25) is 9.36 Å². The van der Waals surface area contributed by atoms with Crippen LogP contribution in [0.4, 0.5) is 0 Å². The first-order chi connectivity index (χ1) is 15.5. The summed E-state index contributed by atoms with van der Waals surface area (Å²) in [5.41, 5.74) is 1.32. The average Bonchev–Trinajstić information content (AvgIpc) is 3.19. The Morgan fingerprint density at radius 1 is 1.19 bits per heavy atom. The number of esters is 1. The molecule has 0 amide bonds. The normalized spacial score (nSPS) is 11.1. The second-order valence-corrected chi connectivity index (χ2v) is 8.66. The largest absolute Gasteiger partial charge is 0.465 e. The number of carbonyl (C=O) groups is 1. The van der Waals surface area contributed by atoms with E-state index in [4.69, 9.17) is 32.4 Å². The summed E-state index contributed by atoms with van der Waals surface area (Å²) in [5, 5.41) is 2.15. The number of aromatic nitrogens is 2. The van der Waals surface area contributed by atoms with Crippen LogP contribution in [0.3, 0.4) is 0 Å². The number of benzene rings is 2. The third-order valence-electron chi connectivity index (χ3n) is 4.55. The summed E-state index contributed by atoms with van der Waals surface area (Å²) >= 11 is 13.7. The first-order valence-electron chi connectivity index (χ1n) is 9.82. The fourth-order valence-electron chi connectivity index (χ4n) is 3.07. The number of nitrogens with zero attached hydrogens (tertiary/aromatic N) is 2. The molecule has 32 heavy (non-hydrogen) atoms. The molecule has 0 saturated carbocycles. The molecule has 6 nitrogen and oxygen atoms in total. The van der Waals surface area contributed by atoms with E-state index in [1.807, 2.05) is 19.1 Å². The Morgan fingerprint density at radius 2 is 2.00 bits per heavy atom. The van der Waals surface area contributed by atoms with Gasteiger partial charge in [0.1, 0.15) is 5.58 Å². The number of ether oxygens (including phenoxy) is 1. The third-order valence-corrected chi connectivity index (χ3v) is 6.01. The van der Waals surface area contributed by atoms with Crippen LogP contribution in [0, 0.1) is 0 Å². The van der Waals surface area contributed by atoms with Crippen LogP contribution in [0.25, 0.3) is 27.9 Å². The fraction of sp³-hybridized carbons (Fsp3) is 0.174. The fourth-order valence-corrected chi connectivity index (χ4v) is 4.35. The van der Waals surface area contributed by atoms with E-state index in [0.717, 1.165) is 11.8 Å². The third kappa shape index (κ3) is 4.85. The van der Waals surface area contributed by atoms with Crippen molar-refractivity contribution in [1.82, 2.24) is 9.55 Å². The average molecular weight is 489 g/mol. The number of hydrogen-bond donors (Lipinski definition) is 0. The maximum atomic E-state index is 12.6. The number of thioether (sulfide) groups is 1. The first-order valence-corrected chi connectivity index (χ1v) is 11.6. The van der Waals surface area contributed by atoms with Gasteiger partial charge in [0, 0.05) is 16.6 Å². The zero-order valence-corrected chi connectivity index (χ0v) is 19.3. The second-order valence-electron chi connectivity index (χ2n) is 6.87. The lowest BCUT2D eigenvalue weighted by molar-refractivity contribution is -0.140. The SMILES string of the molecule is CCCOC(=O)CSc1nc(-c2cc3ccccc3oc2=O)cn1-c1ccc(Cl)cc1Cl. The van der Waals surface area contributed by atoms with E-state index in [9.17, 15) is 9.59 Å². The Kier molecular flexibility index (Phi) is 6.89. The van der Waals surface area contributed by atoms with Crippen LogP contribution >= 0.6 is 35.0 Å². The van der Waals surface area contributed by atoms with Gasteiger partial charge in [-0.2, -0.15) is 0 Å². The van der Waals surface area contributed by atoms with Crippen molar-refractivity contribution in [3.8, 4) is 16.9 Å². The van der Waals surface area contributed by atoms with Crippen LogP contribution in [-0.4, -0.2) is 27.9 Å². The number of carbonyl (C=O) groups excluding carboxylic acids is 1. The molecule has 2 aromatic carbocycles. The van der Waals surface area contributed by atoms with E-state index >= 15 is 0 Å². The minimum absolute atomic E-state index is 0.0635. The molecule has 164 valence electrons. The van der Waals surface area contributed by atoms with Gasteiger partial charge in [0.25, 0.3) is 0 Å². The molecule has 0 spiro atoms. The summed E-state index contributed by atoms with van der Waals surface area (Å²) in [5.74, 6) is -0.283. The van der Waals surface area contributed by atoms with Crippen LogP contribution in [0.15, 0.2) is 69.1 Å². The van der Waals surface area contributed by atoms with Crippen LogP contribution in [0.1, 0.15) is 13.3 Å².